The predicted molar refractivity (Wildman–Crippen MR) is 115 cm³/mol. The van der Waals surface area contributed by atoms with Crippen molar-refractivity contribution in [2.45, 2.75) is 32.9 Å². The van der Waals surface area contributed by atoms with E-state index in [0.29, 0.717) is 18.7 Å². The molecule has 6 heteroatoms. The van der Waals surface area contributed by atoms with Crippen molar-refractivity contribution in [1.82, 2.24) is 15.3 Å². The van der Waals surface area contributed by atoms with Gasteiger partial charge in [-0.15, -0.1) is 0 Å². The zero-order valence-electron chi connectivity index (χ0n) is 17.0. The molecule has 0 bridgehead atoms. The van der Waals surface area contributed by atoms with E-state index in [-0.39, 0.29) is 5.91 Å². The molecule has 2 heterocycles. The van der Waals surface area contributed by atoms with Crippen LogP contribution in [0.1, 0.15) is 24.9 Å². The van der Waals surface area contributed by atoms with Gasteiger partial charge in [-0.25, -0.2) is 4.98 Å². The monoisotopic (exact) mass is 401 g/mol. The van der Waals surface area contributed by atoms with Crippen molar-refractivity contribution in [3.8, 4) is 17.0 Å². The molecule has 152 valence electrons. The first kappa shape index (κ1) is 19.6. The number of aryl methyl sites for hydroxylation is 1. The Balaban J connectivity index is 1.41. The van der Waals surface area contributed by atoms with E-state index in [1.165, 1.54) is 0 Å². The fraction of sp³-hybridized carbons (Fsp3) is 0.208. The summed E-state index contributed by atoms with van der Waals surface area (Å²) in [7, 11) is 0. The Morgan fingerprint density at radius 3 is 2.53 bits per heavy atom. The topological polar surface area (TPSA) is 77.2 Å². The summed E-state index contributed by atoms with van der Waals surface area (Å²) >= 11 is 0. The van der Waals surface area contributed by atoms with E-state index >= 15 is 0 Å². The minimum atomic E-state index is -0.577. The predicted octanol–water partition coefficient (Wildman–Crippen LogP) is 4.67. The lowest BCUT2D eigenvalue weighted by molar-refractivity contribution is -0.128. The minimum Gasteiger partial charge on any atom is -0.481 e. The van der Waals surface area contributed by atoms with Gasteiger partial charge in [-0.05, 0) is 61.9 Å². The highest BCUT2D eigenvalue weighted by Gasteiger charge is 2.18. The van der Waals surface area contributed by atoms with Gasteiger partial charge in [0.2, 0.25) is 0 Å². The highest BCUT2D eigenvalue weighted by Crippen LogP contribution is 2.23. The second-order valence-corrected chi connectivity index (χ2v) is 7.01. The minimum absolute atomic E-state index is 0.170. The summed E-state index contributed by atoms with van der Waals surface area (Å²) in [5, 5.41) is 2.86. The lowest BCUT2D eigenvalue weighted by Crippen LogP contribution is -2.37. The molecule has 0 saturated carbocycles. The second kappa shape index (κ2) is 8.78. The number of nitrogens with one attached hydrogen (secondary N) is 1. The van der Waals surface area contributed by atoms with Crippen LogP contribution in [0.4, 0.5) is 0 Å². The number of ether oxygens (including phenoxy) is 1. The number of hydrogen-bond donors (Lipinski definition) is 1. The first-order chi connectivity index (χ1) is 14.6. The van der Waals surface area contributed by atoms with Crippen molar-refractivity contribution in [3.63, 3.8) is 0 Å². The van der Waals surface area contributed by atoms with Gasteiger partial charge in [0.25, 0.3) is 5.91 Å². The molecule has 0 unspecified atom stereocenters. The number of furan rings is 1. The van der Waals surface area contributed by atoms with Crippen molar-refractivity contribution < 1.29 is 13.9 Å². The van der Waals surface area contributed by atoms with Crippen LogP contribution in [-0.2, 0) is 11.3 Å². The average Bonchev–Trinajstić information content (AvgIpc) is 3.21. The molecule has 4 rings (SSSR count). The van der Waals surface area contributed by atoms with Crippen molar-refractivity contribution in [2.75, 3.05) is 0 Å². The molecule has 2 aromatic carbocycles. The summed E-state index contributed by atoms with van der Waals surface area (Å²) in [5.41, 5.74) is 3.44. The van der Waals surface area contributed by atoms with Crippen LogP contribution >= 0.6 is 0 Å². The molecule has 0 radical (unpaired) electrons. The molecular formula is C24H23N3O3. The van der Waals surface area contributed by atoms with Crippen LogP contribution in [0.25, 0.3) is 22.3 Å². The largest absolute Gasteiger partial charge is 0.481 e. The van der Waals surface area contributed by atoms with Gasteiger partial charge in [0.15, 0.2) is 6.10 Å². The molecule has 30 heavy (non-hydrogen) atoms. The maximum atomic E-state index is 12.5. The Morgan fingerprint density at radius 1 is 1.07 bits per heavy atom. The molecule has 0 fully saturated rings. The van der Waals surface area contributed by atoms with Crippen molar-refractivity contribution in [2.24, 2.45) is 0 Å². The third kappa shape index (κ3) is 4.49. The summed E-state index contributed by atoms with van der Waals surface area (Å²) in [6, 6.07) is 19.0. The van der Waals surface area contributed by atoms with Gasteiger partial charge in [-0.1, -0.05) is 19.1 Å². The highest BCUT2D eigenvalue weighted by atomic mass is 16.5. The van der Waals surface area contributed by atoms with Gasteiger partial charge in [0, 0.05) is 5.56 Å². The van der Waals surface area contributed by atoms with Gasteiger partial charge in [-0.3, -0.25) is 9.78 Å². The highest BCUT2D eigenvalue weighted by molar-refractivity contribution is 5.81. The molecule has 4 aromatic rings. The van der Waals surface area contributed by atoms with Crippen LogP contribution in [-0.4, -0.2) is 22.0 Å². The number of para-hydroxylation sites is 2. The number of benzene rings is 2. The lowest BCUT2D eigenvalue weighted by atomic mass is 10.1. The quantitative estimate of drug-likeness (QED) is 0.487. The molecule has 1 amide bonds. The SMILES string of the molecule is CC[C@H](Oc1ccc(-c2cnc3ccccc3n2)cc1)C(=O)NCc1ccc(C)o1. The summed E-state index contributed by atoms with van der Waals surface area (Å²) in [6.45, 7) is 4.13. The Bertz CT molecular complexity index is 1150. The molecule has 0 aliphatic carbocycles. The lowest BCUT2D eigenvalue weighted by Gasteiger charge is -2.17. The number of hydrogen-bond acceptors (Lipinski definition) is 5. The van der Waals surface area contributed by atoms with Crippen LogP contribution in [0, 0.1) is 6.92 Å². The fourth-order valence-corrected chi connectivity index (χ4v) is 3.16. The Labute approximate surface area is 174 Å². The summed E-state index contributed by atoms with van der Waals surface area (Å²) in [4.78, 5) is 21.6. The Morgan fingerprint density at radius 2 is 1.83 bits per heavy atom. The molecule has 0 aliphatic rings. The van der Waals surface area contributed by atoms with E-state index in [4.69, 9.17) is 9.15 Å². The average molecular weight is 401 g/mol. The second-order valence-electron chi connectivity index (χ2n) is 7.01. The Kier molecular flexibility index (Phi) is 5.75. The maximum Gasteiger partial charge on any atom is 0.261 e. The van der Waals surface area contributed by atoms with Gasteiger partial charge in [0.05, 0.1) is 29.5 Å². The van der Waals surface area contributed by atoms with Gasteiger partial charge < -0.3 is 14.5 Å². The van der Waals surface area contributed by atoms with Crippen LogP contribution in [0.3, 0.4) is 0 Å². The standard InChI is InChI=1S/C24H23N3O3/c1-3-23(24(28)26-14-19-11-8-16(2)29-19)30-18-12-9-17(10-13-18)22-15-25-20-6-4-5-7-21(20)27-22/h4-13,15,23H,3,14H2,1-2H3,(H,26,28)/t23-/m0/s1. The zero-order valence-corrected chi connectivity index (χ0v) is 17.0. The van der Waals surface area contributed by atoms with E-state index in [1.54, 1.807) is 6.20 Å². The van der Waals surface area contributed by atoms with E-state index in [0.717, 1.165) is 33.8 Å². The van der Waals surface area contributed by atoms with E-state index < -0.39 is 6.10 Å². The molecular weight excluding hydrogens is 378 g/mol. The number of carbonyl (C=O) groups excluding carboxylic acids is 1. The van der Waals surface area contributed by atoms with E-state index in [9.17, 15) is 4.79 Å². The normalized spacial score (nSPS) is 11.9. The van der Waals surface area contributed by atoms with Crippen molar-refractivity contribution in [3.05, 3.63) is 78.4 Å². The number of amides is 1. The molecule has 1 N–H and O–H groups in total. The summed E-state index contributed by atoms with van der Waals surface area (Å²) in [5.74, 6) is 2.00. The van der Waals surface area contributed by atoms with Crippen LogP contribution in [0.2, 0.25) is 0 Å². The third-order valence-corrected chi connectivity index (χ3v) is 4.77. The molecule has 1 atom stereocenters. The maximum absolute atomic E-state index is 12.5. The fourth-order valence-electron chi connectivity index (χ4n) is 3.16. The molecule has 2 aromatic heterocycles. The van der Waals surface area contributed by atoms with Crippen molar-refractivity contribution in [1.29, 1.82) is 0 Å². The summed E-state index contributed by atoms with van der Waals surface area (Å²) < 4.78 is 11.4. The van der Waals surface area contributed by atoms with Crippen LogP contribution in [0.5, 0.6) is 5.75 Å². The smallest absolute Gasteiger partial charge is 0.261 e. The zero-order chi connectivity index (χ0) is 20.9. The van der Waals surface area contributed by atoms with Gasteiger partial charge in [-0.2, -0.15) is 0 Å². The third-order valence-electron chi connectivity index (χ3n) is 4.77. The van der Waals surface area contributed by atoms with Gasteiger partial charge in [0.1, 0.15) is 17.3 Å². The number of carbonyl (C=O) groups is 1. The number of aromatic nitrogens is 2. The first-order valence-electron chi connectivity index (χ1n) is 9.94. The molecule has 0 aliphatic heterocycles. The molecule has 0 saturated heterocycles. The number of rotatable bonds is 7. The van der Waals surface area contributed by atoms with E-state index in [1.807, 2.05) is 74.5 Å². The molecule has 0 spiro atoms. The number of fused-ring (bicyclic) bond motifs is 1. The van der Waals surface area contributed by atoms with E-state index in [2.05, 4.69) is 15.3 Å². The first-order valence-corrected chi connectivity index (χ1v) is 9.94. The summed E-state index contributed by atoms with van der Waals surface area (Å²) in [6.07, 6.45) is 1.74. The van der Waals surface area contributed by atoms with Crippen LogP contribution < -0.4 is 10.1 Å². The Hall–Kier alpha value is -3.67. The number of nitrogens with zero attached hydrogens (tertiary/aromatic N) is 2. The van der Waals surface area contributed by atoms with Crippen molar-refractivity contribution >= 4 is 16.9 Å². The van der Waals surface area contributed by atoms with Crippen LogP contribution in [0.15, 0.2) is 71.3 Å². The van der Waals surface area contributed by atoms with Gasteiger partial charge >= 0.3 is 0 Å². The molecule has 6 nitrogen and oxygen atoms in total.